The van der Waals surface area contributed by atoms with Crippen molar-refractivity contribution in [3.8, 4) is 5.75 Å². The van der Waals surface area contributed by atoms with Crippen LogP contribution < -0.4 is 10.1 Å². The summed E-state index contributed by atoms with van der Waals surface area (Å²) in [5.74, 6) is -1.28. The third kappa shape index (κ3) is 5.29. The lowest BCUT2D eigenvalue weighted by Gasteiger charge is -2.21. The van der Waals surface area contributed by atoms with E-state index in [0.29, 0.717) is 17.0 Å². The standard InChI is InChI=1S/C21H24FNO4/c1-13-6-7-14(10-16(13)22)20(25)27-12-19(24)23-17-11-15(21(2,3)4)8-9-18(17)26-5/h6-11H,12H2,1-5H3,(H,23,24). The second kappa shape index (κ2) is 8.20. The molecule has 0 saturated carbocycles. The van der Waals surface area contributed by atoms with E-state index in [-0.39, 0.29) is 11.0 Å². The van der Waals surface area contributed by atoms with Crippen molar-refractivity contribution in [1.29, 1.82) is 0 Å². The number of benzene rings is 2. The number of amides is 1. The molecule has 0 heterocycles. The number of nitrogens with one attached hydrogen (secondary N) is 1. The van der Waals surface area contributed by atoms with Gasteiger partial charge in [-0.15, -0.1) is 0 Å². The third-order valence-corrected chi connectivity index (χ3v) is 4.08. The highest BCUT2D eigenvalue weighted by atomic mass is 19.1. The number of aryl methyl sites for hydroxylation is 1. The molecule has 27 heavy (non-hydrogen) atoms. The molecule has 144 valence electrons. The molecule has 1 amide bonds. The summed E-state index contributed by atoms with van der Waals surface area (Å²) in [6.07, 6.45) is 0. The highest BCUT2D eigenvalue weighted by Gasteiger charge is 2.18. The maximum atomic E-state index is 13.5. The molecule has 0 aliphatic carbocycles. The number of carbonyl (C=O) groups is 2. The van der Waals surface area contributed by atoms with Crippen LogP contribution in [0.15, 0.2) is 36.4 Å². The summed E-state index contributed by atoms with van der Waals surface area (Å²) in [5, 5.41) is 2.69. The fraction of sp³-hybridized carbons (Fsp3) is 0.333. The first-order valence-corrected chi connectivity index (χ1v) is 8.53. The molecule has 2 aromatic carbocycles. The van der Waals surface area contributed by atoms with Crippen LogP contribution in [-0.4, -0.2) is 25.6 Å². The molecule has 0 bridgehead atoms. The molecule has 0 radical (unpaired) electrons. The zero-order valence-electron chi connectivity index (χ0n) is 16.2. The Labute approximate surface area is 158 Å². The fourth-order valence-electron chi connectivity index (χ4n) is 2.39. The Morgan fingerprint density at radius 1 is 1.11 bits per heavy atom. The van der Waals surface area contributed by atoms with Crippen molar-refractivity contribution < 1.29 is 23.5 Å². The number of anilines is 1. The number of methoxy groups -OCH3 is 1. The number of carbonyl (C=O) groups excluding carboxylic acids is 2. The van der Waals surface area contributed by atoms with Gasteiger partial charge in [0, 0.05) is 0 Å². The number of hydrogen-bond acceptors (Lipinski definition) is 4. The molecule has 0 aliphatic heterocycles. The van der Waals surface area contributed by atoms with Crippen LogP contribution in [0.5, 0.6) is 5.75 Å². The molecule has 0 aliphatic rings. The number of ether oxygens (including phenoxy) is 2. The molecule has 0 spiro atoms. The third-order valence-electron chi connectivity index (χ3n) is 4.08. The van der Waals surface area contributed by atoms with Gasteiger partial charge in [-0.1, -0.05) is 32.9 Å². The SMILES string of the molecule is COc1ccc(C(C)(C)C)cc1NC(=O)COC(=O)c1ccc(C)c(F)c1. The van der Waals surface area contributed by atoms with Gasteiger partial charge in [-0.25, -0.2) is 9.18 Å². The van der Waals surface area contributed by atoms with Gasteiger partial charge in [0.05, 0.1) is 18.4 Å². The molecule has 0 fully saturated rings. The van der Waals surface area contributed by atoms with Crippen LogP contribution >= 0.6 is 0 Å². The van der Waals surface area contributed by atoms with E-state index in [4.69, 9.17) is 9.47 Å². The maximum absolute atomic E-state index is 13.5. The Morgan fingerprint density at radius 3 is 2.41 bits per heavy atom. The molecule has 1 N–H and O–H groups in total. The van der Waals surface area contributed by atoms with Crippen molar-refractivity contribution in [2.24, 2.45) is 0 Å². The molecule has 6 heteroatoms. The number of esters is 1. The molecular weight excluding hydrogens is 349 g/mol. The van der Waals surface area contributed by atoms with Gasteiger partial charge in [-0.2, -0.15) is 0 Å². The van der Waals surface area contributed by atoms with E-state index in [9.17, 15) is 14.0 Å². The minimum atomic E-state index is -0.764. The van der Waals surface area contributed by atoms with E-state index in [2.05, 4.69) is 26.1 Å². The van der Waals surface area contributed by atoms with Crippen molar-refractivity contribution in [3.63, 3.8) is 0 Å². The van der Waals surface area contributed by atoms with Gasteiger partial charge in [0.1, 0.15) is 11.6 Å². The molecule has 2 rings (SSSR count). The summed E-state index contributed by atoms with van der Waals surface area (Å²) in [7, 11) is 1.51. The van der Waals surface area contributed by atoms with E-state index in [1.807, 2.05) is 12.1 Å². The molecule has 0 aromatic heterocycles. The fourth-order valence-corrected chi connectivity index (χ4v) is 2.39. The van der Waals surface area contributed by atoms with Crippen LogP contribution in [0, 0.1) is 12.7 Å². The van der Waals surface area contributed by atoms with Crippen LogP contribution in [0.25, 0.3) is 0 Å². The minimum absolute atomic E-state index is 0.0539. The van der Waals surface area contributed by atoms with Gasteiger partial charge in [-0.3, -0.25) is 4.79 Å². The summed E-state index contributed by atoms with van der Waals surface area (Å²) in [6, 6.07) is 9.56. The van der Waals surface area contributed by atoms with Crippen molar-refractivity contribution in [1.82, 2.24) is 0 Å². The van der Waals surface area contributed by atoms with Crippen molar-refractivity contribution >= 4 is 17.6 Å². The van der Waals surface area contributed by atoms with Crippen LogP contribution in [0.3, 0.4) is 0 Å². The zero-order valence-corrected chi connectivity index (χ0v) is 16.2. The molecule has 0 saturated heterocycles. The normalized spacial score (nSPS) is 11.0. The summed E-state index contributed by atoms with van der Waals surface area (Å²) >= 11 is 0. The zero-order chi connectivity index (χ0) is 20.2. The van der Waals surface area contributed by atoms with Gasteiger partial charge in [0.15, 0.2) is 6.61 Å². The Morgan fingerprint density at radius 2 is 1.81 bits per heavy atom. The molecule has 0 unspecified atom stereocenters. The average molecular weight is 373 g/mol. The highest BCUT2D eigenvalue weighted by molar-refractivity contribution is 5.96. The van der Waals surface area contributed by atoms with Gasteiger partial charge in [0.2, 0.25) is 0 Å². The Bertz CT molecular complexity index is 856. The first-order chi connectivity index (χ1) is 12.6. The Hall–Kier alpha value is -2.89. The van der Waals surface area contributed by atoms with Crippen LogP contribution in [-0.2, 0) is 14.9 Å². The predicted molar refractivity (Wildman–Crippen MR) is 102 cm³/mol. The van der Waals surface area contributed by atoms with Gasteiger partial charge in [0.25, 0.3) is 5.91 Å². The van der Waals surface area contributed by atoms with Crippen molar-refractivity contribution in [3.05, 3.63) is 58.9 Å². The van der Waals surface area contributed by atoms with Crippen molar-refractivity contribution in [2.45, 2.75) is 33.1 Å². The van der Waals surface area contributed by atoms with Gasteiger partial charge in [-0.05, 0) is 47.7 Å². The van der Waals surface area contributed by atoms with Gasteiger partial charge < -0.3 is 14.8 Å². The largest absolute Gasteiger partial charge is 0.495 e. The molecule has 2 aromatic rings. The first kappa shape index (κ1) is 20.4. The summed E-state index contributed by atoms with van der Waals surface area (Å²) in [4.78, 5) is 24.2. The quantitative estimate of drug-likeness (QED) is 0.797. The average Bonchev–Trinajstić information content (AvgIpc) is 2.61. The van der Waals surface area contributed by atoms with Gasteiger partial charge >= 0.3 is 5.97 Å². The number of hydrogen-bond donors (Lipinski definition) is 1. The minimum Gasteiger partial charge on any atom is -0.495 e. The Balaban J connectivity index is 2.04. The lowest BCUT2D eigenvalue weighted by molar-refractivity contribution is -0.119. The summed E-state index contributed by atoms with van der Waals surface area (Å²) in [5.41, 5.74) is 1.89. The van der Waals surface area contributed by atoms with Crippen LogP contribution in [0.1, 0.15) is 42.3 Å². The molecular formula is C21H24FNO4. The molecule has 0 atom stereocenters. The summed E-state index contributed by atoms with van der Waals surface area (Å²) < 4.78 is 23.8. The topological polar surface area (TPSA) is 64.6 Å². The lowest BCUT2D eigenvalue weighted by atomic mass is 9.87. The second-order valence-corrected chi connectivity index (χ2v) is 7.25. The number of rotatable bonds is 5. The summed E-state index contributed by atoms with van der Waals surface area (Å²) in [6.45, 7) is 7.28. The number of halogens is 1. The van der Waals surface area contributed by atoms with Crippen LogP contribution in [0.2, 0.25) is 0 Å². The lowest BCUT2D eigenvalue weighted by Crippen LogP contribution is -2.22. The predicted octanol–water partition coefficient (Wildman–Crippen LogP) is 4.24. The smallest absolute Gasteiger partial charge is 0.338 e. The second-order valence-electron chi connectivity index (χ2n) is 7.25. The van der Waals surface area contributed by atoms with Crippen molar-refractivity contribution in [2.75, 3.05) is 19.0 Å². The first-order valence-electron chi connectivity index (χ1n) is 8.53. The monoisotopic (exact) mass is 373 g/mol. The van der Waals surface area contributed by atoms with E-state index in [1.54, 1.807) is 13.0 Å². The van der Waals surface area contributed by atoms with Crippen LogP contribution in [0.4, 0.5) is 10.1 Å². The van der Waals surface area contributed by atoms with E-state index in [0.717, 1.165) is 11.6 Å². The van der Waals surface area contributed by atoms with E-state index < -0.39 is 24.3 Å². The van der Waals surface area contributed by atoms with E-state index in [1.165, 1.54) is 19.2 Å². The Kier molecular flexibility index (Phi) is 6.20. The highest BCUT2D eigenvalue weighted by Crippen LogP contribution is 2.31. The van der Waals surface area contributed by atoms with E-state index >= 15 is 0 Å². The molecule has 5 nitrogen and oxygen atoms in total. The maximum Gasteiger partial charge on any atom is 0.338 e.